The van der Waals surface area contributed by atoms with Crippen LogP contribution in [-0.2, 0) is 19.4 Å². The molecule has 1 aromatic heterocycles. The number of aryl methyl sites for hydroxylation is 2. The second-order valence-corrected chi connectivity index (χ2v) is 5.74. The van der Waals surface area contributed by atoms with Crippen molar-refractivity contribution in [2.75, 3.05) is 13.2 Å². The van der Waals surface area contributed by atoms with Gasteiger partial charge in [-0.05, 0) is 56.0 Å². The van der Waals surface area contributed by atoms with Gasteiger partial charge in [0.25, 0.3) is 11.5 Å². The maximum absolute atomic E-state index is 12.1. The highest BCUT2D eigenvalue weighted by atomic mass is 16.5. The summed E-state index contributed by atoms with van der Waals surface area (Å²) in [6, 6.07) is 8.65. The van der Waals surface area contributed by atoms with E-state index in [0.717, 1.165) is 36.3 Å². The third kappa shape index (κ3) is 3.64. The van der Waals surface area contributed by atoms with E-state index >= 15 is 0 Å². The van der Waals surface area contributed by atoms with Crippen LogP contribution in [0.4, 0.5) is 0 Å². The molecule has 0 saturated heterocycles. The van der Waals surface area contributed by atoms with E-state index in [-0.39, 0.29) is 11.5 Å². The first-order chi connectivity index (χ1) is 11.7. The van der Waals surface area contributed by atoms with E-state index in [1.54, 1.807) is 30.3 Å². The third-order valence-corrected chi connectivity index (χ3v) is 4.06. The number of ether oxygens (including phenoxy) is 1. The number of nitrogens with zero attached hydrogens (tertiary/aromatic N) is 2. The van der Waals surface area contributed by atoms with Gasteiger partial charge in [-0.2, -0.15) is 5.10 Å². The Hall–Kier alpha value is -2.63. The van der Waals surface area contributed by atoms with Gasteiger partial charge in [0, 0.05) is 18.2 Å². The van der Waals surface area contributed by atoms with Gasteiger partial charge in [0.15, 0.2) is 0 Å². The van der Waals surface area contributed by atoms with Gasteiger partial charge < -0.3 is 10.1 Å². The summed E-state index contributed by atoms with van der Waals surface area (Å²) < 4.78 is 6.78. The lowest BCUT2D eigenvalue weighted by Crippen LogP contribution is -2.32. The second kappa shape index (κ2) is 7.29. The van der Waals surface area contributed by atoms with Crippen LogP contribution in [0.15, 0.2) is 35.1 Å². The Labute approximate surface area is 140 Å². The molecule has 3 rings (SSSR count). The first-order valence-electron chi connectivity index (χ1n) is 8.28. The molecule has 1 aliphatic carbocycles. The maximum Gasteiger partial charge on any atom is 0.267 e. The quantitative estimate of drug-likeness (QED) is 0.874. The van der Waals surface area contributed by atoms with Gasteiger partial charge in [0.05, 0.1) is 18.8 Å². The average molecular weight is 327 g/mol. The molecule has 0 fully saturated rings. The first-order valence-corrected chi connectivity index (χ1v) is 8.28. The number of hydrogen-bond acceptors (Lipinski definition) is 4. The molecule has 6 heteroatoms. The average Bonchev–Trinajstić information content (AvgIpc) is 3.03. The van der Waals surface area contributed by atoms with Crippen LogP contribution in [0.1, 0.15) is 35.0 Å². The van der Waals surface area contributed by atoms with Gasteiger partial charge in [-0.1, -0.05) is 0 Å². The van der Waals surface area contributed by atoms with Crippen molar-refractivity contribution in [1.29, 1.82) is 0 Å². The molecule has 0 bridgehead atoms. The highest BCUT2D eigenvalue weighted by Crippen LogP contribution is 2.16. The number of amides is 1. The lowest BCUT2D eigenvalue weighted by molar-refractivity contribution is 0.0951. The van der Waals surface area contributed by atoms with Crippen LogP contribution in [0.25, 0.3) is 0 Å². The van der Waals surface area contributed by atoms with Gasteiger partial charge in [0.1, 0.15) is 5.75 Å². The van der Waals surface area contributed by atoms with Gasteiger partial charge >= 0.3 is 0 Å². The fraction of sp³-hybridized carbons (Fsp3) is 0.389. The number of fused-ring (bicyclic) bond motifs is 1. The Balaban J connectivity index is 1.56. The molecule has 0 saturated carbocycles. The van der Waals surface area contributed by atoms with Gasteiger partial charge in [-0.15, -0.1) is 0 Å². The Kier molecular flexibility index (Phi) is 4.93. The minimum Gasteiger partial charge on any atom is -0.494 e. The largest absolute Gasteiger partial charge is 0.494 e. The smallest absolute Gasteiger partial charge is 0.267 e. The molecule has 1 aromatic carbocycles. The third-order valence-electron chi connectivity index (χ3n) is 4.06. The van der Waals surface area contributed by atoms with Gasteiger partial charge in [-0.25, -0.2) is 4.68 Å². The predicted octanol–water partition coefficient (Wildman–Crippen LogP) is 1.56. The topological polar surface area (TPSA) is 73.2 Å². The molecule has 2 aromatic rings. The number of aromatic nitrogens is 2. The molecular formula is C18H21N3O3. The van der Waals surface area contributed by atoms with Crippen LogP contribution in [0, 0.1) is 0 Å². The fourth-order valence-corrected chi connectivity index (χ4v) is 2.85. The van der Waals surface area contributed by atoms with Gasteiger partial charge in [-0.3, -0.25) is 9.59 Å². The molecule has 0 atom stereocenters. The first kappa shape index (κ1) is 16.2. The van der Waals surface area contributed by atoms with E-state index in [9.17, 15) is 9.59 Å². The van der Waals surface area contributed by atoms with Crippen LogP contribution >= 0.6 is 0 Å². The molecule has 0 aliphatic heterocycles. The van der Waals surface area contributed by atoms with Crippen LogP contribution < -0.4 is 15.6 Å². The van der Waals surface area contributed by atoms with Crippen molar-refractivity contribution >= 4 is 5.91 Å². The summed E-state index contributed by atoms with van der Waals surface area (Å²) in [6.07, 6.45) is 2.92. The standard InChI is InChI=1S/C18H21N3O3/c1-2-24-15-8-6-13(7-9-15)18(23)19-10-11-21-17(22)12-14-4-3-5-16(14)20-21/h6-9,12H,2-5,10-11H2,1H3,(H,19,23). The Morgan fingerprint density at radius 3 is 2.83 bits per heavy atom. The summed E-state index contributed by atoms with van der Waals surface area (Å²) >= 11 is 0. The molecule has 126 valence electrons. The highest BCUT2D eigenvalue weighted by molar-refractivity contribution is 5.94. The van der Waals surface area contributed by atoms with E-state index in [4.69, 9.17) is 4.74 Å². The Morgan fingerprint density at radius 1 is 1.29 bits per heavy atom. The zero-order valence-corrected chi connectivity index (χ0v) is 13.7. The number of rotatable bonds is 6. The number of nitrogens with one attached hydrogen (secondary N) is 1. The lowest BCUT2D eigenvalue weighted by Gasteiger charge is -2.09. The lowest BCUT2D eigenvalue weighted by atomic mass is 10.2. The molecule has 1 N–H and O–H groups in total. The zero-order valence-electron chi connectivity index (χ0n) is 13.7. The fourth-order valence-electron chi connectivity index (χ4n) is 2.85. The van der Waals surface area contributed by atoms with E-state index in [0.29, 0.717) is 25.3 Å². The Bertz CT molecular complexity index is 781. The van der Waals surface area contributed by atoms with Crippen LogP contribution in [0.2, 0.25) is 0 Å². The number of carbonyl (C=O) groups excluding carboxylic acids is 1. The summed E-state index contributed by atoms with van der Waals surface area (Å²) in [5.74, 6) is 0.565. The van der Waals surface area contributed by atoms with Crippen LogP contribution in [-0.4, -0.2) is 28.8 Å². The van der Waals surface area contributed by atoms with Crippen molar-refractivity contribution in [2.45, 2.75) is 32.7 Å². The van der Waals surface area contributed by atoms with E-state index in [2.05, 4.69) is 10.4 Å². The molecule has 1 amide bonds. The van der Waals surface area contributed by atoms with Gasteiger partial charge in [0.2, 0.25) is 0 Å². The molecule has 0 spiro atoms. The van der Waals surface area contributed by atoms with Crippen molar-refractivity contribution in [3.63, 3.8) is 0 Å². The summed E-state index contributed by atoms with van der Waals surface area (Å²) in [4.78, 5) is 24.1. The zero-order chi connectivity index (χ0) is 16.9. The van der Waals surface area contributed by atoms with Crippen molar-refractivity contribution in [3.05, 3.63) is 57.5 Å². The summed E-state index contributed by atoms with van der Waals surface area (Å²) in [5.41, 5.74) is 2.53. The van der Waals surface area contributed by atoms with E-state index in [1.807, 2.05) is 6.92 Å². The summed E-state index contributed by atoms with van der Waals surface area (Å²) in [6.45, 7) is 3.23. The summed E-state index contributed by atoms with van der Waals surface area (Å²) in [7, 11) is 0. The molecule has 1 aliphatic rings. The van der Waals surface area contributed by atoms with Crippen molar-refractivity contribution in [3.8, 4) is 5.75 Å². The minimum atomic E-state index is -0.174. The predicted molar refractivity (Wildman–Crippen MR) is 90.5 cm³/mol. The SMILES string of the molecule is CCOc1ccc(C(=O)NCCn2nc3c(cc2=O)CCC3)cc1. The summed E-state index contributed by atoms with van der Waals surface area (Å²) in [5, 5.41) is 7.21. The molecule has 0 unspecified atom stereocenters. The van der Waals surface area contributed by atoms with Crippen molar-refractivity contribution in [2.24, 2.45) is 0 Å². The second-order valence-electron chi connectivity index (χ2n) is 5.74. The number of carbonyl (C=O) groups is 1. The molecule has 1 heterocycles. The maximum atomic E-state index is 12.1. The molecule has 24 heavy (non-hydrogen) atoms. The van der Waals surface area contributed by atoms with Crippen LogP contribution in [0.3, 0.4) is 0 Å². The molecule has 0 radical (unpaired) electrons. The van der Waals surface area contributed by atoms with E-state index in [1.165, 1.54) is 4.68 Å². The molecule has 6 nitrogen and oxygen atoms in total. The highest BCUT2D eigenvalue weighted by Gasteiger charge is 2.14. The Morgan fingerprint density at radius 2 is 2.08 bits per heavy atom. The van der Waals surface area contributed by atoms with E-state index < -0.39 is 0 Å². The minimum absolute atomic E-state index is 0.106. The number of benzene rings is 1. The molecular weight excluding hydrogens is 306 g/mol. The normalized spacial score (nSPS) is 12.7. The van der Waals surface area contributed by atoms with Crippen molar-refractivity contribution < 1.29 is 9.53 Å². The van der Waals surface area contributed by atoms with Crippen LogP contribution in [0.5, 0.6) is 5.75 Å². The van der Waals surface area contributed by atoms with Crippen molar-refractivity contribution in [1.82, 2.24) is 15.1 Å². The number of hydrogen-bond donors (Lipinski definition) is 1. The monoisotopic (exact) mass is 327 g/mol.